The molecular formula is C23H21BrN2O3S. The van der Waals surface area contributed by atoms with Crippen molar-refractivity contribution in [3.63, 3.8) is 0 Å². The van der Waals surface area contributed by atoms with Crippen LogP contribution in [-0.2, 0) is 10.0 Å². The summed E-state index contributed by atoms with van der Waals surface area (Å²) in [7, 11) is -3.90. The van der Waals surface area contributed by atoms with E-state index in [9.17, 15) is 13.2 Å². The predicted molar refractivity (Wildman–Crippen MR) is 119 cm³/mol. The van der Waals surface area contributed by atoms with Crippen LogP contribution in [0.4, 0.5) is 0 Å². The first-order valence-electron chi connectivity index (χ1n) is 9.56. The fourth-order valence-corrected chi connectivity index (χ4v) is 5.93. The third-order valence-electron chi connectivity index (χ3n) is 5.41. The number of Topliss-reactive ketones (excluding diaryl/α,β-unsaturated/α-hetero) is 1. The Kier molecular flexibility index (Phi) is 5.63. The minimum Gasteiger partial charge on any atom is -0.292 e. The van der Waals surface area contributed by atoms with Crippen LogP contribution in [0.1, 0.15) is 46.1 Å². The van der Waals surface area contributed by atoms with Crippen molar-refractivity contribution in [2.75, 3.05) is 0 Å². The summed E-state index contributed by atoms with van der Waals surface area (Å²) in [6.07, 6.45) is 0. The van der Waals surface area contributed by atoms with Gasteiger partial charge in [-0.15, -0.1) is 0 Å². The van der Waals surface area contributed by atoms with Crippen molar-refractivity contribution in [3.05, 3.63) is 101 Å². The molecule has 7 heteroatoms. The van der Waals surface area contributed by atoms with E-state index in [4.69, 9.17) is 0 Å². The predicted octanol–water partition coefficient (Wildman–Crippen LogP) is 5.21. The smallest absolute Gasteiger partial charge is 0.266 e. The van der Waals surface area contributed by atoms with Crippen LogP contribution < -0.4 is 0 Å². The van der Waals surface area contributed by atoms with Crippen molar-refractivity contribution in [1.29, 1.82) is 0 Å². The van der Waals surface area contributed by atoms with E-state index in [0.29, 0.717) is 5.56 Å². The van der Waals surface area contributed by atoms with E-state index in [1.807, 2.05) is 50.2 Å². The Balaban J connectivity index is 1.81. The van der Waals surface area contributed by atoms with Gasteiger partial charge >= 0.3 is 0 Å². The van der Waals surface area contributed by atoms with E-state index < -0.39 is 16.1 Å². The van der Waals surface area contributed by atoms with Crippen molar-refractivity contribution in [1.82, 2.24) is 8.45 Å². The number of hydrogen-bond donors (Lipinski definition) is 0. The fourth-order valence-electron chi connectivity index (χ4n) is 3.82. The summed E-state index contributed by atoms with van der Waals surface area (Å²) in [5.74, 6) is -0.153. The van der Waals surface area contributed by atoms with Crippen molar-refractivity contribution in [2.24, 2.45) is 0 Å². The van der Waals surface area contributed by atoms with E-state index in [1.165, 1.54) is 12.1 Å². The third-order valence-corrected chi connectivity index (χ3v) is 8.37. The maximum Gasteiger partial charge on any atom is 0.266 e. The van der Waals surface area contributed by atoms with Gasteiger partial charge in [-0.1, -0.05) is 75.7 Å². The van der Waals surface area contributed by atoms with Crippen LogP contribution in [0.5, 0.6) is 0 Å². The molecule has 5 nitrogen and oxygen atoms in total. The third kappa shape index (κ3) is 3.52. The van der Waals surface area contributed by atoms with E-state index in [1.54, 1.807) is 35.3 Å². The second-order valence-corrected chi connectivity index (χ2v) is 10.2. The molecule has 154 valence electrons. The lowest BCUT2D eigenvalue weighted by atomic mass is 9.96. The lowest BCUT2D eigenvalue weighted by molar-refractivity contribution is 0.0507. The molecule has 0 radical (unpaired) electrons. The highest BCUT2D eigenvalue weighted by Gasteiger charge is 2.46. The largest absolute Gasteiger partial charge is 0.292 e. The highest BCUT2D eigenvalue weighted by molar-refractivity contribution is 9.08. The summed E-state index contributed by atoms with van der Waals surface area (Å²) in [5.41, 5.74) is 3.33. The van der Waals surface area contributed by atoms with Crippen LogP contribution in [0.3, 0.4) is 0 Å². The van der Waals surface area contributed by atoms with Crippen molar-refractivity contribution in [2.45, 2.75) is 30.8 Å². The fraction of sp³-hybridized carbons (Fsp3) is 0.174. The number of ketones is 1. The van der Waals surface area contributed by atoms with Crippen molar-refractivity contribution >= 4 is 32.0 Å². The molecule has 4 rings (SSSR count). The minimum atomic E-state index is -3.90. The van der Waals surface area contributed by atoms with Crippen LogP contribution in [0.25, 0.3) is 0 Å². The van der Waals surface area contributed by atoms with Gasteiger partial charge in [-0.2, -0.15) is 5.01 Å². The SMILES string of the molecule is Cc1ccc(C(=O)C2c3ccccc3C(C)N2N(Br)S(=O)(=O)c2ccccc2)cc1. The molecular weight excluding hydrogens is 464 g/mol. The number of carbonyl (C=O) groups is 1. The highest BCUT2D eigenvalue weighted by atomic mass is 79.9. The lowest BCUT2D eigenvalue weighted by Gasteiger charge is -2.33. The van der Waals surface area contributed by atoms with Gasteiger partial charge in [0.1, 0.15) is 6.04 Å². The average molecular weight is 485 g/mol. The molecule has 0 aromatic heterocycles. The maximum absolute atomic E-state index is 13.6. The zero-order valence-corrected chi connectivity index (χ0v) is 19.0. The molecule has 1 heterocycles. The number of hydrogen-bond acceptors (Lipinski definition) is 4. The maximum atomic E-state index is 13.6. The normalized spacial score (nSPS) is 19.1. The van der Waals surface area contributed by atoms with Gasteiger partial charge in [0.05, 0.1) is 10.9 Å². The van der Waals surface area contributed by atoms with E-state index in [2.05, 4.69) is 16.1 Å². The van der Waals surface area contributed by atoms with Crippen molar-refractivity contribution in [3.8, 4) is 0 Å². The molecule has 30 heavy (non-hydrogen) atoms. The van der Waals surface area contributed by atoms with Gasteiger partial charge in [0, 0.05) is 21.7 Å². The molecule has 0 aliphatic carbocycles. The molecule has 0 amide bonds. The number of benzene rings is 3. The van der Waals surface area contributed by atoms with E-state index in [-0.39, 0.29) is 16.7 Å². The Hall–Kier alpha value is -2.32. The Morgan fingerprint density at radius 2 is 1.47 bits per heavy atom. The average Bonchev–Trinajstić information content (AvgIpc) is 3.06. The summed E-state index contributed by atoms with van der Waals surface area (Å²) in [4.78, 5) is 13.7. The topological polar surface area (TPSA) is 57.7 Å². The van der Waals surface area contributed by atoms with Gasteiger partial charge in [0.2, 0.25) is 0 Å². The minimum absolute atomic E-state index is 0.145. The van der Waals surface area contributed by atoms with Crippen LogP contribution in [0.15, 0.2) is 83.8 Å². The lowest BCUT2D eigenvalue weighted by Crippen LogP contribution is -2.42. The van der Waals surface area contributed by atoms with Gasteiger partial charge < -0.3 is 0 Å². The molecule has 2 unspecified atom stereocenters. The Bertz CT molecular complexity index is 1180. The van der Waals surface area contributed by atoms with Crippen LogP contribution in [-0.4, -0.2) is 22.7 Å². The number of hydrazine groups is 1. The molecule has 0 saturated heterocycles. The number of halogens is 1. The number of carbonyl (C=O) groups excluding carboxylic acids is 1. The number of sulfonamides is 1. The summed E-state index contributed by atoms with van der Waals surface area (Å²) >= 11 is 3.27. The quantitative estimate of drug-likeness (QED) is 0.368. The van der Waals surface area contributed by atoms with Crippen LogP contribution in [0, 0.1) is 6.92 Å². The molecule has 3 aromatic carbocycles. The standard InChI is InChI=1S/C23H21BrN2O3S/c1-16-12-14-18(15-13-16)23(27)22-21-11-7-6-10-20(21)17(2)25(22)26(24)30(28,29)19-8-4-3-5-9-19/h3-15,17,22H,1-2H3. The first-order chi connectivity index (χ1) is 14.3. The van der Waals surface area contributed by atoms with Crippen molar-refractivity contribution < 1.29 is 13.2 Å². The summed E-state index contributed by atoms with van der Waals surface area (Å²) in [6, 6.07) is 22.0. The molecule has 2 atom stereocenters. The summed E-state index contributed by atoms with van der Waals surface area (Å²) in [5, 5.41) is 1.59. The first kappa shape index (κ1) is 20.9. The molecule has 0 bridgehead atoms. The Morgan fingerprint density at radius 3 is 2.10 bits per heavy atom. The molecule has 0 N–H and O–H groups in total. The van der Waals surface area contributed by atoms with Gasteiger partial charge in [-0.25, -0.2) is 8.42 Å². The monoisotopic (exact) mass is 484 g/mol. The van der Waals surface area contributed by atoms with E-state index in [0.717, 1.165) is 20.1 Å². The number of fused-ring (bicyclic) bond motifs is 1. The molecule has 0 saturated carbocycles. The first-order valence-corrected chi connectivity index (χ1v) is 11.7. The van der Waals surface area contributed by atoms with Gasteiger partial charge in [0.15, 0.2) is 5.78 Å². The molecule has 1 aliphatic heterocycles. The molecule has 1 aliphatic rings. The van der Waals surface area contributed by atoms with Crippen LogP contribution >= 0.6 is 16.1 Å². The molecule has 0 spiro atoms. The number of nitrogens with zero attached hydrogens (tertiary/aromatic N) is 2. The summed E-state index contributed by atoms with van der Waals surface area (Å²) in [6.45, 7) is 3.86. The van der Waals surface area contributed by atoms with Gasteiger partial charge in [-0.05, 0) is 37.1 Å². The zero-order valence-electron chi connectivity index (χ0n) is 16.6. The van der Waals surface area contributed by atoms with E-state index >= 15 is 0 Å². The van der Waals surface area contributed by atoms with Gasteiger partial charge in [0.25, 0.3) is 10.0 Å². The summed E-state index contributed by atoms with van der Waals surface area (Å²) < 4.78 is 27.6. The number of aryl methyl sites for hydroxylation is 1. The Labute approximate surface area is 185 Å². The molecule has 0 fully saturated rings. The number of rotatable bonds is 5. The van der Waals surface area contributed by atoms with Crippen LogP contribution in [0.2, 0.25) is 0 Å². The Morgan fingerprint density at radius 1 is 0.900 bits per heavy atom. The molecule has 3 aromatic rings. The second-order valence-electron chi connectivity index (χ2n) is 7.33. The zero-order chi connectivity index (χ0) is 21.5. The highest BCUT2D eigenvalue weighted by Crippen LogP contribution is 2.46. The van der Waals surface area contributed by atoms with Gasteiger partial charge in [-0.3, -0.25) is 4.79 Å². The second kappa shape index (κ2) is 8.07.